The van der Waals surface area contributed by atoms with E-state index in [2.05, 4.69) is 10.6 Å². The second-order valence-electron chi connectivity index (χ2n) is 7.90. The van der Waals surface area contributed by atoms with Crippen LogP contribution in [0.25, 0.3) is 0 Å². The number of phenolic OH excluding ortho intramolecular Hbond substituents is 1. The van der Waals surface area contributed by atoms with Gasteiger partial charge >= 0.3 is 18.0 Å². The molecule has 180 valence electrons. The molecule has 0 saturated carbocycles. The molecular weight excluding hydrogens is 430 g/mol. The van der Waals surface area contributed by atoms with Crippen molar-refractivity contribution in [2.45, 2.75) is 32.7 Å². The van der Waals surface area contributed by atoms with E-state index in [0.29, 0.717) is 31.0 Å². The molecule has 0 bridgehead atoms. The molecule has 2 atom stereocenters. The lowest BCUT2D eigenvalue weighted by Crippen LogP contribution is -2.49. The first kappa shape index (κ1) is 24.4. The van der Waals surface area contributed by atoms with Crippen molar-refractivity contribution in [1.82, 2.24) is 15.5 Å². The molecule has 2 aliphatic rings. The van der Waals surface area contributed by atoms with E-state index in [4.69, 9.17) is 14.2 Å². The number of rotatable bonds is 8. The summed E-state index contributed by atoms with van der Waals surface area (Å²) in [6.45, 7) is 5.69. The highest BCUT2D eigenvalue weighted by molar-refractivity contribution is 5.95. The first-order valence-corrected chi connectivity index (χ1v) is 11.1. The van der Waals surface area contributed by atoms with Crippen LogP contribution < -0.4 is 15.4 Å². The van der Waals surface area contributed by atoms with E-state index in [9.17, 15) is 19.5 Å². The number of benzene rings is 1. The van der Waals surface area contributed by atoms with Gasteiger partial charge < -0.3 is 30.0 Å². The van der Waals surface area contributed by atoms with E-state index in [0.717, 1.165) is 19.4 Å². The Morgan fingerprint density at radius 2 is 2.03 bits per heavy atom. The van der Waals surface area contributed by atoms with Gasteiger partial charge in [-0.25, -0.2) is 9.59 Å². The van der Waals surface area contributed by atoms with Gasteiger partial charge in [0.15, 0.2) is 11.5 Å². The molecular formula is C23H31N3O7. The third kappa shape index (κ3) is 5.75. The Bertz CT molecular complexity index is 931. The summed E-state index contributed by atoms with van der Waals surface area (Å²) < 4.78 is 15.6. The largest absolute Gasteiger partial charge is 0.504 e. The summed E-state index contributed by atoms with van der Waals surface area (Å²) >= 11 is 0. The molecule has 33 heavy (non-hydrogen) atoms. The fourth-order valence-corrected chi connectivity index (χ4v) is 4.20. The van der Waals surface area contributed by atoms with Gasteiger partial charge in [0.25, 0.3) is 0 Å². The van der Waals surface area contributed by atoms with Crippen LogP contribution in [-0.4, -0.2) is 67.9 Å². The molecule has 2 unspecified atom stereocenters. The number of likely N-dealkylation sites (tertiary alicyclic amines) is 1. The summed E-state index contributed by atoms with van der Waals surface area (Å²) in [5.41, 5.74) is 1.22. The number of hydrogen-bond acceptors (Lipinski definition) is 8. The molecule has 3 N–H and O–H groups in total. The zero-order chi connectivity index (χ0) is 24.0. The van der Waals surface area contributed by atoms with Crippen LogP contribution in [0.1, 0.15) is 38.3 Å². The Balaban J connectivity index is 1.93. The highest BCUT2D eigenvalue weighted by Gasteiger charge is 2.36. The molecule has 0 aromatic heterocycles. The molecule has 1 aromatic rings. The van der Waals surface area contributed by atoms with Crippen LogP contribution in [-0.2, 0) is 19.1 Å². The lowest BCUT2D eigenvalue weighted by Gasteiger charge is -2.35. The summed E-state index contributed by atoms with van der Waals surface area (Å²) in [5, 5.41) is 15.5. The number of piperidine rings is 1. The van der Waals surface area contributed by atoms with Gasteiger partial charge in [0.2, 0.25) is 0 Å². The van der Waals surface area contributed by atoms with E-state index < -0.39 is 18.0 Å². The number of amides is 2. The highest BCUT2D eigenvalue weighted by atomic mass is 16.5. The zero-order valence-electron chi connectivity index (χ0n) is 19.2. The first-order chi connectivity index (χ1) is 15.9. The molecule has 0 aliphatic carbocycles. The van der Waals surface area contributed by atoms with Crippen molar-refractivity contribution < 1.29 is 33.7 Å². The highest BCUT2D eigenvalue weighted by Crippen LogP contribution is 2.34. The average Bonchev–Trinajstić information content (AvgIpc) is 2.80. The lowest BCUT2D eigenvalue weighted by molar-refractivity contribution is -0.150. The van der Waals surface area contributed by atoms with Gasteiger partial charge in [0, 0.05) is 18.8 Å². The summed E-state index contributed by atoms with van der Waals surface area (Å²) in [6, 6.07) is 3.40. The van der Waals surface area contributed by atoms with Gasteiger partial charge in [-0.1, -0.05) is 6.07 Å². The molecule has 2 heterocycles. The quantitative estimate of drug-likeness (QED) is 0.501. The third-order valence-corrected chi connectivity index (χ3v) is 5.68. The van der Waals surface area contributed by atoms with Gasteiger partial charge in [-0.15, -0.1) is 0 Å². The zero-order valence-corrected chi connectivity index (χ0v) is 19.2. The Hall–Kier alpha value is -3.27. The molecule has 1 saturated heterocycles. The summed E-state index contributed by atoms with van der Waals surface area (Å²) in [4.78, 5) is 39.5. The number of aromatic hydroxyl groups is 1. The molecule has 1 aromatic carbocycles. The Morgan fingerprint density at radius 3 is 2.73 bits per heavy atom. The minimum Gasteiger partial charge on any atom is -0.504 e. The number of carbonyl (C=O) groups excluding carboxylic acids is 3. The number of phenols is 1. The smallest absolute Gasteiger partial charge is 0.338 e. The fourth-order valence-electron chi connectivity index (χ4n) is 4.20. The number of carbonyl (C=O) groups is 3. The minimum atomic E-state index is -0.799. The van der Waals surface area contributed by atoms with Crippen molar-refractivity contribution >= 4 is 18.0 Å². The Kier molecular flexibility index (Phi) is 8.16. The number of nitrogens with one attached hydrogen (secondary N) is 2. The maximum absolute atomic E-state index is 12.8. The van der Waals surface area contributed by atoms with Crippen molar-refractivity contribution in [3.63, 3.8) is 0 Å². The lowest BCUT2D eigenvalue weighted by atomic mass is 9.93. The van der Waals surface area contributed by atoms with Gasteiger partial charge in [-0.2, -0.15) is 0 Å². The maximum atomic E-state index is 12.8. The van der Waals surface area contributed by atoms with E-state index in [1.165, 1.54) is 13.2 Å². The average molecular weight is 462 g/mol. The van der Waals surface area contributed by atoms with E-state index >= 15 is 0 Å². The topological polar surface area (TPSA) is 126 Å². The van der Waals surface area contributed by atoms with Crippen LogP contribution in [0.15, 0.2) is 29.5 Å². The van der Waals surface area contributed by atoms with Crippen molar-refractivity contribution in [3.8, 4) is 11.5 Å². The molecule has 0 radical (unpaired) electrons. The molecule has 3 rings (SSSR count). The minimum absolute atomic E-state index is 0.0389. The van der Waals surface area contributed by atoms with Crippen LogP contribution in [0.4, 0.5) is 4.79 Å². The summed E-state index contributed by atoms with van der Waals surface area (Å²) in [5.74, 6) is -0.860. The summed E-state index contributed by atoms with van der Waals surface area (Å²) in [6.07, 6.45) is 1.54. The molecule has 0 spiro atoms. The second kappa shape index (κ2) is 11.0. The van der Waals surface area contributed by atoms with E-state index in [-0.39, 0.29) is 35.5 Å². The van der Waals surface area contributed by atoms with Gasteiger partial charge in [0.1, 0.15) is 0 Å². The Labute approximate surface area is 192 Å². The fraction of sp³-hybridized carbons (Fsp3) is 0.522. The van der Waals surface area contributed by atoms with Gasteiger partial charge in [-0.05, 0) is 50.9 Å². The summed E-state index contributed by atoms with van der Waals surface area (Å²) in [7, 11) is 1.28. The number of esters is 2. The standard InChI is InChI=1S/C23H31N3O7/c1-4-32-18-11-14(8-9-17(18)27)20-19(22(29)31-3)16(24-23(30)25-20)13-26-10-6-7-15(12-26)21(28)33-5-2/h8-9,11,15,20,27H,4-7,10,12-13H2,1-3H3,(H2,24,25,30). The Morgan fingerprint density at radius 1 is 1.24 bits per heavy atom. The monoisotopic (exact) mass is 461 g/mol. The van der Waals surface area contributed by atoms with Crippen LogP contribution in [0.3, 0.4) is 0 Å². The van der Waals surface area contributed by atoms with Crippen molar-refractivity contribution in [2.75, 3.05) is 40.0 Å². The van der Waals surface area contributed by atoms with E-state index in [1.807, 2.05) is 4.90 Å². The molecule has 2 aliphatic heterocycles. The van der Waals surface area contributed by atoms with Crippen molar-refractivity contribution in [3.05, 3.63) is 35.0 Å². The molecule has 10 nitrogen and oxygen atoms in total. The van der Waals surface area contributed by atoms with Gasteiger partial charge in [0.05, 0.1) is 37.9 Å². The normalized spacial score (nSPS) is 21.1. The maximum Gasteiger partial charge on any atom is 0.338 e. The third-order valence-electron chi connectivity index (χ3n) is 5.68. The van der Waals surface area contributed by atoms with Crippen molar-refractivity contribution in [2.24, 2.45) is 5.92 Å². The second-order valence-corrected chi connectivity index (χ2v) is 7.90. The van der Waals surface area contributed by atoms with E-state index in [1.54, 1.807) is 26.0 Å². The van der Waals surface area contributed by atoms with Crippen LogP contribution >= 0.6 is 0 Å². The SMILES string of the molecule is CCOC(=O)C1CCCN(CC2=C(C(=O)OC)C(c3ccc(O)c(OCC)c3)NC(=O)N2)C1. The van der Waals surface area contributed by atoms with Crippen LogP contribution in [0.5, 0.6) is 11.5 Å². The molecule has 10 heteroatoms. The number of hydrogen-bond donors (Lipinski definition) is 3. The number of urea groups is 1. The number of nitrogens with zero attached hydrogens (tertiary/aromatic N) is 1. The predicted octanol–water partition coefficient (Wildman–Crippen LogP) is 1.85. The van der Waals surface area contributed by atoms with Crippen LogP contribution in [0, 0.1) is 5.92 Å². The van der Waals surface area contributed by atoms with Crippen LogP contribution in [0.2, 0.25) is 0 Å². The number of ether oxygens (including phenoxy) is 3. The predicted molar refractivity (Wildman–Crippen MR) is 119 cm³/mol. The molecule has 1 fully saturated rings. The van der Waals surface area contributed by atoms with Crippen molar-refractivity contribution in [1.29, 1.82) is 0 Å². The number of methoxy groups -OCH3 is 1. The molecule has 2 amide bonds. The first-order valence-electron chi connectivity index (χ1n) is 11.1. The van der Waals surface area contributed by atoms with Gasteiger partial charge in [-0.3, -0.25) is 9.69 Å².